The fourth-order valence-electron chi connectivity index (χ4n) is 2.11. The van der Waals surface area contributed by atoms with Gasteiger partial charge >= 0.3 is 0 Å². The maximum Gasteiger partial charge on any atom is 0.278 e. The van der Waals surface area contributed by atoms with Crippen LogP contribution in [0.1, 0.15) is 18.4 Å². The minimum Gasteiger partial charge on any atom is -0.316 e. The fraction of sp³-hybridized carbons (Fsp3) is 0.500. The van der Waals surface area contributed by atoms with E-state index < -0.39 is 11.8 Å². The molecule has 0 aliphatic carbocycles. The molecule has 0 bridgehead atoms. The van der Waals surface area contributed by atoms with Crippen LogP contribution in [0.25, 0.3) is 0 Å². The summed E-state index contributed by atoms with van der Waals surface area (Å²) in [6.45, 7) is 1.25. The molecular formula is C12H14BrF2N. The van der Waals surface area contributed by atoms with E-state index in [2.05, 4.69) is 21.2 Å². The van der Waals surface area contributed by atoms with Gasteiger partial charge in [0, 0.05) is 22.5 Å². The third-order valence-electron chi connectivity index (χ3n) is 3.04. The van der Waals surface area contributed by atoms with E-state index in [9.17, 15) is 8.78 Å². The second kappa shape index (κ2) is 4.80. The molecule has 1 heterocycles. The van der Waals surface area contributed by atoms with E-state index in [4.69, 9.17) is 0 Å². The van der Waals surface area contributed by atoms with Gasteiger partial charge in [0.25, 0.3) is 5.92 Å². The average Bonchev–Trinajstić information content (AvgIpc) is 2.30. The van der Waals surface area contributed by atoms with Gasteiger partial charge in [0.15, 0.2) is 0 Å². The summed E-state index contributed by atoms with van der Waals surface area (Å²) >= 11 is 3.20. The summed E-state index contributed by atoms with van der Waals surface area (Å²) < 4.78 is 29.0. The van der Waals surface area contributed by atoms with E-state index in [1.807, 2.05) is 0 Å². The monoisotopic (exact) mass is 289 g/mol. The van der Waals surface area contributed by atoms with E-state index in [1.165, 1.54) is 6.07 Å². The molecular weight excluding hydrogens is 276 g/mol. The van der Waals surface area contributed by atoms with Crippen LogP contribution in [0, 0.1) is 5.92 Å². The van der Waals surface area contributed by atoms with Crippen molar-refractivity contribution in [3.63, 3.8) is 0 Å². The third kappa shape index (κ3) is 2.28. The van der Waals surface area contributed by atoms with Gasteiger partial charge in [0.1, 0.15) is 0 Å². The lowest BCUT2D eigenvalue weighted by atomic mass is 9.88. The lowest BCUT2D eigenvalue weighted by Gasteiger charge is -2.31. The average molecular weight is 290 g/mol. The standard InChI is InChI=1S/C12H14BrF2N/c13-11-6-2-1-5-10(11)12(14,15)9-4-3-7-16-8-9/h1-2,5-6,9,16H,3-4,7-8H2. The predicted octanol–water partition coefficient (Wildman–Crippen LogP) is 3.54. The summed E-state index contributed by atoms with van der Waals surface area (Å²) in [4.78, 5) is 0. The molecule has 1 aromatic rings. The van der Waals surface area contributed by atoms with Crippen molar-refractivity contribution in [2.45, 2.75) is 18.8 Å². The van der Waals surface area contributed by atoms with Gasteiger partial charge in [-0.3, -0.25) is 0 Å². The van der Waals surface area contributed by atoms with Gasteiger partial charge in [0.2, 0.25) is 0 Å². The first-order valence-electron chi connectivity index (χ1n) is 5.46. The molecule has 1 aliphatic heterocycles. The van der Waals surface area contributed by atoms with Gasteiger partial charge in [-0.15, -0.1) is 0 Å². The van der Waals surface area contributed by atoms with Gasteiger partial charge in [-0.25, -0.2) is 8.78 Å². The van der Waals surface area contributed by atoms with Crippen molar-refractivity contribution in [1.29, 1.82) is 0 Å². The Bertz CT molecular complexity index is 362. The SMILES string of the molecule is FC(F)(c1ccccc1Br)C1CCCNC1. The van der Waals surface area contributed by atoms with Crippen molar-refractivity contribution in [1.82, 2.24) is 5.32 Å². The number of rotatable bonds is 2. The van der Waals surface area contributed by atoms with Crippen LogP contribution in [-0.4, -0.2) is 13.1 Å². The largest absolute Gasteiger partial charge is 0.316 e. The molecule has 0 radical (unpaired) electrons. The zero-order valence-electron chi connectivity index (χ0n) is 8.85. The Morgan fingerprint density at radius 3 is 2.69 bits per heavy atom. The highest BCUT2D eigenvalue weighted by Crippen LogP contribution is 2.42. The number of hydrogen-bond acceptors (Lipinski definition) is 1. The smallest absolute Gasteiger partial charge is 0.278 e. The normalized spacial score (nSPS) is 22.1. The van der Waals surface area contributed by atoms with E-state index in [0.717, 1.165) is 13.0 Å². The topological polar surface area (TPSA) is 12.0 Å². The third-order valence-corrected chi connectivity index (χ3v) is 3.73. The van der Waals surface area contributed by atoms with Crippen LogP contribution in [0.5, 0.6) is 0 Å². The van der Waals surface area contributed by atoms with Gasteiger partial charge in [-0.1, -0.05) is 34.1 Å². The first-order chi connectivity index (χ1) is 7.62. The van der Waals surface area contributed by atoms with Crippen molar-refractivity contribution >= 4 is 15.9 Å². The number of piperidine rings is 1. The minimum absolute atomic E-state index is 0.101. The molecule has 2 rings (SSSR count). The second-order valence-corrected chi connectivity index (χ2v) is 5.00. The molecule has 1 atom stereocenters. The summed E-state index contributed by atoms with van der Waals surface area (Å²) in [7, 11) is 0. The van der Waals surface area contributed by atoms with Crippen molar-refractivity contribution < 1.29 is 8.78 Å². The van der Waals surface area contributed by atoms with E-state index in [1.54, 1.807) is 18.2 Å². The first-order valence-corrected chi connectivity index (χ1v) is 6.25. The highest BCUT2D eigenvalue weighted by atomic mass is 79.9. The maximum absolute atomic E-state index is 14.2. The summed E-state index contributed by atoms with van der Waals surface area (Å²) in [6.07, 6.45) is 1.41. The Morgan fingerprint density at radius 1 is 1.31 bits per heavy atom. The zero-order chi connectivity index (χ0) is 11.6. The number of alkyl halides is 2. The second-order valence-electron chi connectivity index (χ2n) is 4.15. The van der Waals surface area contributed by atoms with E-state index in [0.29, 0.717) is 17.4 Å². The highest BCUT2D eigenvalue weighted by molar-refractivity contribution is 9.10. The Kier molecular flexibility index (Phi) is 3.60. The first kappa shape index (κ1) is 12.0. The van der Waals surface area contributed by atoms with Crippen molar-refractivity contribution in [3.05, 3.63) is 34.3 Å². The molecule has 0 saturated carbocycles. The maximum atomic E-state index is 14.2. The van der Waals surface area contributed by atoms with Gasteiger partial charge < -0.3 is 5.32 Å². The molecule has 1 aromatic carbocycles. The molecule has 0 aromatic heterocycles. The molecule has 1 N–H and O–H groups in total. The Labute approximate surface area is 102 Å². The van der Waals surface area contributed by atoms with Crippen LogP contribution in [0.2, 0.25) is 0 Å². The minimum atomic E-state index is -2.76. The fourth-order valence-corrected chi connectivity index (χ4v) is 2.66. The highest BCUT2D eigenvalue weighted by Gasteiger charge is 2.42. The molecule has 1 saturated heterocycles. The van der Waals surface area contributed by atoms with E-state index >= 15 is 0 Å². The van der Waals surface area contributed by atoms with Crippen molar-refractivity contribution in [3.8, 4) is 0 Å². The molecule has 1 aliphatic rings. The predicted molar refractivity (Wildman–Crippen MR) is 63.6 cm³/mol. The molecule has 4 heteroatoms. The zero-order valence-corrected chi connectivity index (χ0v) is 10.4. The Hall–Kier alpha value is -0.480. The molecule has 0 amide bonds. The van der Waals surface area contributed by atoms with Gasteiger partial charge in [-0.2, -0.15) is 0 Å². The van der Waals surface area contributed by atoms with Crippen LogP contribution in [0.3, 0.4) is 0 Å². The Balaban J connectivity index is 2.26. The summed E-state index contributed by atoms with van der Waals surface area (Å²) in [5, 5.41) is 3.03. The lowest BCUT2D eigenvalue weighted by Crippen LogP contribution is -2.39. The lowest BCUT2D eigenvalue weighted by molar-refractivity contribution is -0.0730. The quantitative estimate of drug-likeness (QED) is 0.878. The number of nitrogens with one attached hydrogen (secondary N) is 1. The molecule has 0 spiro atoms. The van der Waals surface area contributed by atoms with Crippen LogP contribution < -0.4 is 5.32 Å². The van der Waals surface area contributed by atoms with Crippen LogP contribution >= 0.6 is 15.9 Å². The number of benzene rings is 1. The van der Waals surface area contributed by atoms with Crippen molar-refractivity contribution in [2.75, 3.05) is 13.1 Å². The molecule has 88 valence electrons. The van der Waals surface area contributed by atoms with Crippen LogP contribution in [-0.2, 0) is 5.92 Å². The summed E-state index contributed by atoms with van der Waals surface area (Å²) in [6, 6.07) is 6.57. The van der Waals surface area contributed by atoms with Gasteiger partial charge in [0.05, 0.1) is 0 Å². The van der Waals surface area contributed by atoms with Crippen molar-refractivity contribution in [2.24, 2.45) is 5.92 Å². The van der Waals surface area contributed by atoms with Crippen LogP contribution in [0.15, 0.2) is 28.7 Å². The molecule has 16 heavy (non-hydrogen) atoms. The number of hydrogen-bond donors (Lipinski definition) is 1. The summed E-state index contributed by atoms with van der Waals surface area (Å²) in [5.74, 6) is -3.35. The Morgan fingerprint density at radius 2 is 2.06 bits per heavy atom. The van der Waals surface area contributed by atoms with Gasteiger partial charge in [-0.05, 0) is 25.5 Å². The van der Waals surface area contributed by atoms with Crippen LogP contribution in [0.4, 0.5) is 8.78 Å². The molecule has 1 nitrogen and oxygen atoms in total. The molecule has 1 unspecified atom stereocenters. The van der Waals surface area contributed by atoms with E-state index in [-0.39, 0.29) is 5.56 Å². The number of halogens is 3. The summed E-state index contributed by atoms with van der Waals surface area (Å²) in [5.41, 5.74) is 0.101. The molecule has 1 fully saturated rings.